The van der Waals surface area contributed by atoms with E-state index in [1.165, 1.54) is 0 Å². The Morgan fingerprint density at radius 2 is 1.95 bits per heavy atom. The van der Waals surface area contributed by atoms with Gasteiger partial charge in [-0.25, -0.2) is 14.8 Å². The standard InChI is InChI=1S/C28H37ClN6O4/c1-28(2,3)39-27(37)33-13-10-23-24(18-33)31-26(29)32-25(23)35-17-20(9-12-30)34(16-21(35)11-14-36)15-19-5-7-22(38-4)8-6-19/h5-8,20-21,36H,9-11,13-18H2,1-4H3/t20-,21+/m0/s1. The molecule has 1 fully saturated rings. The summed E-state index contributed by atoms with van der Waals surface area (Å²) in [4.78, 5) is 27.9. The Hall–Kier alpha value is -3.13. The van der Waals surface area contributed by atoms with Crippen LogP contribution in [0.3, 0.4) is 0 Å². The van der Waals surface area contributed by atoms with E-state index in [1.807, 2.05) is 45.0 Å². The summed E-state index contributed by atoms with van der Waals surface area (Å²) < 4.78 is 10.8. The fourth-order valence-corrected chi connectivity index (χ4v) is 5.41. The Morgan fingerprint density at radius 3 is 2.59 bits per heavy atom. The second kappa shape index (κ2) is 12.4. The number of fused-ring (bicyclic) bond motifs is 1. The third-order valence-electron chi connectivity index (χ3n) is 7.08. The molecule has 0 saturated carbocycles. The van der Waals surface area contributed by atoms with Crippen molar-refractivity contribution in [3.8, 4) is 11.8 Å². The lowest BCUT2D eigenvalue weighted by Crippen LogP contribution is -2.59. The Balaban J connectivity index is 1.60. The third-order valence-corrected chi connectivity index (χ3v) is 7.25. The Bertz CT molecular complexity index is 1200. The minimum absolute atomic E-state index is 0.0217. The van der Waals surface area contributed by atoms with Crippen molar-refractivity contribution in [2.24, 2.45) is 0 Å². The molecule has 0 radical (unpaired) electrons. The zero-order chi connectivity index (χ0) is 28.2. The number of aliphatic hydroxyl groups is 1. The normalized spacial score (nSPS) is 19.8. The van der Waals surface area contributed by atoms with E-state index < -0.39 is 5.60 Å². The molecule has 210 valence electrons. The van der Waals surface area contributed by atoms with E-state index in [-0.39, 0.29) is 36.6 Å². The average molecular weight is 557 g/mol. The Kier molecular flexibility index (Phi) is 9.15. The lowest BCUT2D eigenvalue weighted by molar-refractivity contribution is 0.0220. The van der Waals surface area contributed by atoms with Crippen LogP contribution in [0.1, 0.15) is 50.4 Å². The molecule has 11 heteroatoms. The molecule has 39 heavy (non-hydrogen) atoms. The van der Waals surface area contributed by atoms with Crippen LogP contribution in [0.25, 0.3) is 0 Å². The van der Waals surface area contributed by atoms with Gasteiger partial charge in [0.2, 0.25) is 5.28 Å². The number of aromatic nitrogens is 2. The predicted octanol–water partition coefficient (Wildman–Crippen LogP) is 3.79. The number of carbonyl (C=O) groups is 1. The minimum atomic E-state index is -0.593. The van der Waals surface area contributed by atoms with Gasteiger partial charge in [0.1, 0.15) is 17.2 Å². The summed E-state index contributed by atoms with van der Waals surface area (Å²) in [7, 11) is 1.64. The molecular weight excluding hydrogens is 520 g/mol. The minimum Gasteiger partial charge on any atom is -0.497 e. The van der Waals surface area contributed by atoms with Crippen LogP contribution in [-0.2, 0) is 24.2 Å². The van der Waals surface area contributed by atoms with Gasteiger partial charge in [-0.15, -0.1) is 0 Å². The smallest absolute Gasteiger partial charge is 0.410 e. The lowest BCUT2D eigenvalue weighted by atomic mass is 9.98. The van der Waals surface area contributed by atoms with Gasteiger partial charge in [-0.05, 0) is 62.9 Å². The molecule has 10 nitrogen and oxygen atoms in total. The zero-order valence-corrected chi connectivity index (χ0v) is 23.8. The van der Waals surface area contributed by atoms with Gasteiger partial charge in [-0.2, -0.15) is 5.26 Å². The van der Waals surface area contributed by atoms with E-state index in [0.717, 1.165) is 22.7 Å². The van der Waals surface area contributed by atoms with E-state index in [0.29, 0.717) is 51.1 Å². The Labute approximate surface area is 235 Å². The van der Waals surface area contributed by atoms with E-state index in [4.69, 9.17) is 21.1 Å². The molecule has 1 saturated heterocycles. The summed E-state index contributed by atoms with van der Waals surface area (Å²) in [5.74, 6) is 1.52. The van der Waals surface area contributed by atoms with Gasteiger partial charge in [-0.1, -0.05) is 12.1 Å². The van der Waals surface area contributed by atoms with Crippen LogP contribution in [0.15, 0.2) is 24.3 Å². The number of carbonyl (C=O) groups excluding carboxylic acids is 1. The first-order valence-corrected chi connectivity index (χ1v) is 13.6. The number of hydrogen-bond donors (Lipinski definition) is 1. The summed E-state index contributed by atoms with van der Waals surface area (Å²) in [6.45, 7) is 8.19. The number of aliphatic hydroxyl groups excluding tert-OH is 1. The zero-order valence-electron chi connectivity index (χ0n) is 23.1. The number of benzene rings is 1. The highest BCUT2D eigenvalue weighted by Crippen LogP contribution is 2.33. The molecule has 2 atom stereocenters. The van der Waals surface area contributed by atoms with Gasteiger partial charge < -0.3 is 24.4 Å². The van der Waals surface area contributed by atoms with E-state index in [2.05, 4.69) is 25.8 Å². The van der Waals surface area contributed by atoms with Crippen molar-refractivity contribution in [1.82, 2.24) is 19.8 Å². The van der Waals surface area contributed by atoms with Crippen LogP contribution >= 0.6 is 11.6 Å². The molecule has 0 aliphatic carbocycles. The molecule has 1 aromatic heterocycles. The summed E-state index contributed by atoms with van der Waals surface area (Å²) in [6.07, 6.45) is 1.07. The summed E-state index contributed by atoms with van der Waals surface area (Å²) in [5.41, 5.74) is 2.17. The van der Waals surface area contributed by atoms with Gasteiger partial charge in [0.25, 0.3) is 0 Å². The van der Waals surface area contributed by atoms with Crippen LogP contribution in [0, 0.1) is 11.3 Å². The molecule has 0 unspecified atom stereocenters. The molecule has 3 heterocycles. The van der Waals surface area contributed by atoms with Crippen LogP contribution < -0.4 is 9.64 Å². The fourth-order valence-electron chi connectivity index (χ4n) is 5.22. The molecule has 1 amide bonds. The number of methoxy groups -OCH3 is 1. The number of halogens is 1. The summed E-state index contributed by atoms with van der Waals surface area (Å²) >= 11 is 6.41. The van der Waals surface area contributed by atoms with Crippen LogP contribution in [0.5, 0.6) is 5.75 Å². The quantitative estimate of drug-likeness (QED) is 0.508. The van der Waals surface area contributed by atoms with Crippen molar-refractivity contribution in [3.63, 3.8) is 0 Å². The number of amides is 1. The highest BCUT2D eigenvalue weighted by atomic mass is 35.5. The third kappa shape index (κ3) is 7.10. The molecule has 1 N–H and O–H groups in total. The number of rotatable bonds is 7. The topological polar surface area (TPSA) is 115 Å². The van der Waals surface area contributed by atoms with Gasteiger partial charge in [0.15, 0.2) is 0 Å². The number of ether oxygens (including phenoxy) is 2. The second-order valence-electron chi connectivity index (χ2n) is 11.0. The average Bonchev–Trinajstić information content (AvgIpc) is 2.89. The van der Waals surface area contributed by atoms with E-state index in [1.54, 1.807) is 12.0 Å². The number of hydrogen-bond acceptors (Lipinski definition) is 9. The highest BCUT2D eigenvalue weighted by molar-refractivity contribution is 6.28. The van der Waals surface area contributed by atoms with Gasteiger partial charge >= 0.3 is 6.09 Å². The molecule has 1 aromatic carbocycles. The van der Waals surface area contributed by atoms with Crippen molar-refractivity contribution >= 4 is 23.5 Å². The lowest BCUT2D eigenvalue weighted by Gasteiger charge is -2.47. The van der Waals surface area contributed by atoms with Gasteiger partial charge in [-0.3, -0.25) is 4.90 Å². The summed E-state index contributed by atoms with van der Waals surface area (Å²) in [6, 6.07) is 10.2. The first-order chi connectivity index (χ1) is 18.6. The molecule has 2 aliphatic heterocycles. The maximum Gasteiger partial charge on any atom is 0.410 e. The number of piperazine rings is 1. The van der Waals surface area contributed by atoms with Crippen molar-refractivity contribution in [2.45, 2.75) is 70.8 Å². The van der Waals surface area contributed by atoms with Crippen LogP contribution in [0.2, 0.25) is 5.28 Å². The van der Waals surface area contributed by atoms with Crippen molar-refractivity contribution in [3.05, 3.63) is 46.4 Å². The second-order valence-corrected chi connectivity index (χ2v) is 11.3. The summed E-state index contributed by atoms with van der Waals surface area (Å²) in [5, 5.41) is 19.7. The van der Waals surface area contributed by atoms with Crippen LogP contribution in [-0.4, -0.2) is 82.0 Å². The van der Waals surface area contributed by atoms with Gasteiger partial charge in [0.05, 0.1) is 31.8 Å². The fraction of sp³-hybridized carbons (Fsp3) is 0.571. The molecular formula is C28H37ClN6O4. The monoisotopic (exact) mass is 556 g/mol. The maximum absolute atomic E-state index is 12.7. The van der Waals surface area contributed by atoms with Crippen LogP contribution in [0.4, 0.5) is 10.6 Å². The number of nitrogens with zero attached hydrogens (tertiary/aromatic N) is 6. The SMILES string of the molecule is COc1ccc(CN2C[C@@H](CCO)N(c3nc(Cl)nc4c3CCN(C(=O)OC(C)(C)C)C4)C[C@@H]2CC#N)cc1. The molecule has 4 rings (SSSR count). The highest BCUT2D eigenvalue weighted by Gasteiger charge is 2.37. The molecule has 2 aliphatic rings. The number of anilines is 1. The maximum atomic E-state index is 12.7. The van der Waals surface area contributed by atoms with Gasteiger partial charge in [0, 0.05) is 50.4 Å². The molecule has 2 aromatic rings. The predicted molar refractivity (Wildman–Crippen MR) is 148 cm³/mol. The van der Waals surface area contributed by atoms with E-state index in [9.17, 15) is 15.2 Å². The molecule has 0 bridgehead atoms. The Morgan fingerprint density at radius 1 is 1.21 bits per heavy atom. The molecule has 0 spiro atoms. The van der Waals surface area contributed by atoms with E-state index >= 15 is 0 Å². The van der Waals surface area contributed by atoms with Crippen molar-refractivity contribution in [2.75, 3.05) is 38.3 Å². The first kappa shape index (κ1) is 28.9. The van der Waals surface area contributed by atoms with Crippen molar-refractivity contribution < 1.29 is 19.4 Å². The largest absolute Gasteiger partial charge is 0.497 e. The van der Waals surface area contributed by atoms with Crippen molar-refractivity contribution in [1.29, 1.82) is 5.26 Å². The first-order valence-electron chi connectivity index (χ1n) is 13.3. The number of nitriles is 1.